The fourth-order valence-electron chi connectivity index (χ4n) is 3.60. The molecule has 148 valence electrons. The highest BCUT2D eigenvalue weighted by molar-refractivity contribution is 7.90. The van der Waals surface area contributed by atoms with Crippen molar-refractivity contribution in [1.29, 1.82) is 0 Å². The maximum Gasteiger partial charge on any atom is 0.216 e. The summed E-state index contributed by atoms with van der Waals surface area (Å²) in [6.07, 6.45) is 5.79. The summed E-state index contributed by atoms with van der Waals surface area (Å²) in [4.78, 5) is 4.53. The molecule has 6 heteroatoms. The van der Waals surface area contributed by atoms with Crippen molar-refractivity contribution in [2.24, 2.45) is 5.92 Å². The van der Waals surface area contributed by atoms with Gasteiger partial charge in [-0.25, -0.2) is 13.1 Å². The van der Waals surface area contributed by atoms with Crippen LogP contribution in [0.15, 0.2) is 36.5 Å². The number of pyridine rings is 1. The zero-order valence-corrected chi connectivity index (χ0v) is 17.3. The molecule has 0 radical (unpaired) electrons. The van der Waals surface area contributed by atoms with Gasteiger partial charge in [0.2, 0.25) is 10.0 Å². The maximum atomic E-state index is 12.3. The van der Waals surface area contributed by atoms with Gasteiger partial charge in [-0.3, -0.25) is 4.98 Å². The molecule has 0 spiro atoms. The van der Waals surface area contributed by atoms with Crippen LogP contribution in [0, 0.1) is 5.92 Å². The molecule has 0 saturated heterocycles. The van der Waals surface area contributed by atoms with Gasteiger partial charge in [-0.15, -0.1) is 0 Å². The number of benzene rings is 1. The third-order valence-corrected chi connectivity index (χ3v) is 7.71. The summed E-state index contributed by atoms with van der Waals surface area (Å²) in [5.74, 6) is 0.593. The molecule has 1 aromatic heterocycles. The molecule has 5 nitrogen and oxygen atoms in total. The lowest BCUT2D eigenvalue weighted by atomic mass is 9.86. The van der Waals surface area contributed by atoms with E-state index in [0.717, 1.165) is 44.5 Å². The summed E-state index contributed by atoms with van der Waals surface area (Å²) in [5.41, 5.74) is 1.08. The van der Waals surface area contributed by atoms with Crippen LogP contribution in [-0.4, -0.2) is 30.7 Å². The third kappa shape index (κ3) is 5.06. The van der Waals surface area contributed by atoms with Crippen LogP contribution in [-0.2, 0) is 16.6 Å². The second-order valence-electron chi connectivity index (χ2n) is 8.56. The van der Waals surface area contributed by atoms with Crippen LogP contribution < -0.4 is 10.0 Å². The minimum absolute atomic E-state index is 0.0743. The molecule has 2 N–H and O–H groups in total. The maximum absolute atomic E-state index is 12.3. The van der Waals surface area contributed by atoms with Gasteiger partial charge in [-0.2, -0.15) is 0 Å². The van der Waals surface area contributed by atoms with Crippen molar-refractivity contribution in [3.63, 3.8) is 0 Å². The van der Waals surface area contributed by atoms with Gasteiger partial charge in [0.1, 0.15) is 0 Å². The van der Waals surface area contributed by atoms with Gasteiger partial charge in [-0.1, -0.05) is 24.3 Å². The molecule has 0 aliphatic heterocycles. The van der Waals surface area contributed by atoms with E-state index in [1.54, 1.807) is 20.8 Å². The van der Waals surface area contributed by atoms with E-state index >= 15 is 0 Å². The van der Waals surface area contributed by atoms with Gasteiger partial charge in [0, 0.05) is 24.2 Å². The number of rotatable bonds is 6. The number of aromatic nitrogens is 1. The number of hydrogen-bond donors (Lipinski definition) is 2. The third-order valence-electron chi connectivity index (χ3n) is 5.46. The molecular formula is C21H31N3O2S. The van der Waals surface area contributed by atoms with Crippen molar-refractivity contribution in [1.82, 2.24) is 15.0 Å². The van der Waals surface area contributed by atoms with Crippen LogP contribution in [0.2, 0.25) is 0 Å². The zero-order chi connectivity index (χ0) is 19.5. The molecule has 0 bridgehead atoms. The molecule has 27 heavy (non-hydrogen) atoms. The standard InChI is InChI=1S/C21H31N3O2S/c1-21(2,3)27(25,26)24-18-10-8-16(9-11-18)14-22-15-20-19-7-5-4-6-17(19)12-13-23-20/h4-7,12-13,16,18,22,24H,8-11,14-15H2,1-3H3. The molecular weight excluding hydrogens is 358 g/mol. The van der Waals surface area contributed by atoms with Crippen molar-refractivity contribution >= 4 is 20.8 Å². The van der Waals surface area contributed by atoms with Crippen LogP contribution in [0.25, 0.3) is 10.8 Å². The molecule has 1 aromatic carbocycles. The molecule has 1 saturated carbocycles. The molecule has 3 rings (SSSR count). The Morgan fingerprint density at radius 1 is 1.07 bits per heavy atom. The minimum atomic E-state index is -3.26. The molecule has 0 amide bonds. The molecule has 2 aromatic rings. The molecule has 1 aliphatic rings. The number of nitrogens with zero attached hydrogens (tertiary/aromatic N) is 1. The van der Waals surface area contributed by atoms with Gasteiger partial charge in [0.15, 0.2) is 0 Å². The average molecular weight is 390 g/mol. The van der Waals surface area contributed by atoms with Crippen molar-refractivity contribution in [2.45, 2.75) is 63.8 Å². The molecule has 1 aliphatic carbocycles. The Bertz CT molecular complexity index is 861. The first-order chi connectivity index (χ1) is 12.8. The zero-order valence-electron chi connectivity index (χ0n) is 16.5. The minimum Gasteiger partial charge on any atom is -0.311 e. The van der Waals surface area contributed by atoms with E-state index in [-0.39, 0.29) is 6.04 Å². The first-order valence-corrected chi connectivity index (χ1v) is 11.3. The number of fused-ring (bicyclic) bond motifs is 1. The normalized spacial score (nSPS) is 21.4. The Morgan fingerprint density at radius 3 is 2.48 bits per heavy atom. The average Bonchev–Trinajstić information content (AvgIpc) is 2.62. The Hall–Kier alpha value is -1.50. The SMILES string of the molecule is CC(C)(C)S(=O)(=O)NC1CCC(CNCc2nccc3ccccc23)CC1. The second-order valence-corrected chi connectivity index (χ2v) is 11.0. The van der Waals surface area contributed by atoms with E-state index in [0.29, 0.717) is 5.92 Å². The van der Waals surface area contributed by atoms with Crippen LogP contribution in [0.5, 0.6) is 0 Å². The molecule has 0 atom stereocenters. The van der Waals surface area contributed by atoms with E-state index in [1.807, 2.05) is 24.4 Å². The number of sulfonamides is 1. The first-order valence-electron chi connectivity index (χ1n) is 9.81. The highest BCUT2D eigenvalue weighted by Crippen LogP contribution is 2.26. The summed E-state index contributed by atoms with van der Waals surface area (Å²) >= 11 is 0. The van der Waals surface area contributed by atoms with E-state index < -0.39 is 14.8 Å². The lowest BCUT2D eigenvalue weighted by molar-refractivity contribution is 0.301. The Labute approximate surface area is 163 Å². The predicted octanol–water partition coefficient (Wildman–Crippen LogP) is 3.60. The first kappa shape index (κ1) is 20.2. The molecule has 1 fully saturated rings. The monoisotopic (exact) mass is 389 g/mol. The van der Waals surface area contributed by atoms with Crippen molar-refractivity contribution in [3.8, 4) is 0 Å². The van der Waals surface area contributed by atoms with Gasteiger partial charge >= 0.3 is 0 Å². The van der Waals surface area contributed by atoms with Crippen LogP contribution in [0.3, 0.4) is 0 Å². The van der Waals surface area contributed by atoms with Crippen LogP contribution in [0.1, 0.15) is 52.1 Å². The van der Waals surface area contributed by atoms with E-state index in [4.69, 9.17) is 0 Å². The summed E-state index contributed by atoms with van der Waals surface area (Å²) in [5, 5.41) is 5.97. The number of hydrogen-bond acceptors (Lipinski definition) is 4. The smallest absolute Gasteiger partial charge is 0.216 e. The Balaban J connectivity index is 1.46. The highest BCUT2D eigenvalue weighted by atomic mass is 32.2. The lowest BCUT2D eigenvalue weighted by Gasteiger charge is -2.31. The molecule has 1 heterocycles. The van der Waals surface area contributed by atoms with Gasteiger partial charge in [0.05, 0.1) is 10.4 Å². The van der Waals surface area contributed by atoms with Crippen molar-refractivity contribution in [2.75, 3.05) is 6.54 Å². The fraction of sp³-hybridized carbons (Fsp3) is 0.571. The summed E-state index contributed by atoms with van der Waals surface area (Å²) in [6.45, 7) is 6.94. The van der Waals surface area contributed by atoms with E-state index in [2.05, 4.69) is 27.2 Å². The van der Waals surface area contributed by atoms with Crippen LogP contribution >= 0.6 is 0 Å². The van der Waals surface area contributed by atoms with Gasteiger partial charge < -0.3 is 5.32 Å². The lowest BCUT2D eigenvalue weighted by Crippen LogP contribution is -2.46. The summed E-state index contributed by atoms with van der Waals surface area (Å²) in [6, 6.07) is 10.4. The van der Waals surface area contributed by atoms with Gasteiger partial charge in [-0.05, 0) is 70.4 Å². The Kier molecular flexibility index (Phi) is 6.18. The number of nitrogens with one attached hydrogen (secondary N) is 2. The topological polar surface area (TPSA) is 71.1 Å². The Morgan fingerprint density at radius 2 is 1.78 bits per heavy atom. The predicted molar refractivity (Wildman–Crippen MR) is 111 cm³/mol. The van der Waals surface area contributed by atoms with Crippen molar-refractivity contribution < 1.29 is 8.42 Å². The summed E-state index contributed by atoms with van der Waals surface area (Å²) < 4.78 is 26.8. The quantitative estimate of drug-likeness (QED) is 0.792. The van der Waals surface area contributed by atoms with Crippen molar-refractivity contribution in [3.05, 3.63) is 42.2 Å². The second kappa shape index (κ2) is 8.25. The molecule has 0 unspecified atom stereocenters. The van der Waals surface area contributed by atoms with E-state index in [1.165, 1.54) is 10.8 Å². The fourth-order valence-corrected chi connectivity index (χ4v) is 4.63. The highest BCUT2D eigenvalue weighted by Gasteiger charge is 2.32. The largest absolute Gasteiger partial charge is 0.311 e. The van der Waals surface area contributed by atoms with E-state index in [9.17, 15) is 8.42 Å². The van der Waals surface area contributed by atoms with Crippen LogP contribution in [0.4, 0.5) is 0 Å². The van der Waals surface area contributed by atoms with Gasteiger partial charge in [0.25, 0.3) is 0 Å². The summed E-state index contributed by atoms with van der Waals surface area (Å²) in [7, 11) is -3.26.